The lowest BCUT2D eigenvalue weighted by Crippen LogP contribution is -2.18. The summed E-state index contributed by atoms with van der Waals surface area (Å²) in [7, 11) is 0. The average molecular weight is 394 g/mol. The third kappa shape index (κ3) is 3.06. The van der Waals surface area contributed by atoms with Gasteiger partial charge >= 0.3 is 0 Å². The van der Waals surface area contributed by atoms with Crippen molar-refractivity contribution in [1.82, 2.24) is 30.0 Å². The lowest BCUT2D eigenvalue weighted by molar-refractivity contribution is 0.331. The number of hydrogen-bond donors (Lipinski definition) is 2. The molecule has 1 fully saturated rings. The van der Waals surface area contributed by atoms with E-state index in [9.17, 15) is 0 Å². The van der Waals surface area contributed by atoms with Crippen LogP contribution in [-0.2, 0) is 6.54 Å². The summed E-state index contributed by atoms with van der Waals surface area (Å²) in [6, 6.07) is 14.8. The molecule has 4 aromatic heterocycles. The number of nitrogens with zero attached hydrogens (tertiary/aromatic N) is 4. The maximum Gasteiger partial charge on any atom is 0.137 e. The Morgan fingerprint density at radius 1 is 0.967 bits per heavy atom. The molecule has 0 radical (unpaired) electrons. The Bertz CT molecular complexity index is 1310. The molecule has 5 aromatic rings. The Hall–Kier alpha value is -3.51. The van der Waals surface area contributed by atoms with E-state index in [1.54, 1.807) is 6.20 Å². The Kier molecular flexibility index (Phi) is 4.09. The highest BCUT2D eigenvalue weighted by atomic mass is 15.1. The third-order valence-electron chi connectivity index (χ3n) is 5.94. The number of rotatable bonds is 4. The molecule has 0 spiro atoms. The van der Waals surface area contributed by atoms with E-state index in [1.807, 2.05) is 18.5 Å². The largest absolute Gasteiger partial charge is 0.338 e. The van der Waals surface area contributed by atoms with Crippen molar-refractivity contribution in [3.63, 3.8) is 0 Å². The Morgan fingerprint density at radius 3 is 2.80 bits per heavy atom. The molecule has 30 heavy (non-hydrogen) atoms. The molecule has 148 valence electrons. The number of likely N-dealkylation sites (tertiary alicyclic amines) is 1. The van der Waals surface area contributed by atoms with Crippen molar-refractivity contribution in [2.75, 3.05) is 13.1 Å². The van der Waals surface area contributed by atoms with Gasteiger partial charge in [0.05, 0.1) is 11.2 Å². The number of nitrogens with one attached hydrogen (secondary N) is 2. The summed E-state index contributed by atoms with van der Waals surface area (Å²) < 4.78 is 0. The number of fused-ring (bicyclic) bond motifs is 2. The second-order valence-electron chi connectivity index (χ2n) is 8.02. The number of aromatic nitrogens is 5. The lowest BCUT2D eigenvalue weighted by atomic mass is 10.0. The van der Waals surface area contributed by atoms with Gasteiger partial charge in [-0.15, -0.1) is 0 Å². The molecule has 6 rings (SSSR count). The van der Waals surface area contributed by atoms with Crippen molar-refractivity contribution < 1.29 is 0 Å². The van der Waals surface area contributed by atoms with Crippen LogP contribution in [0.2, 0.25) is 0 Å². The van der Waals surface area contributed by atoms with Crippen LogP contribution in [0.3, 0.4) is 0 Å². The minimum absolute atomic E-state index is 0.874. The fourth-order valence-electron chi connectivity index (χ4n) is 4.42. The van der Waals surface area contributed by atoms with Crippen LogP contribution in [0.4, 0.5) is 0 Å². The minimum atomic E-state index is 0.874. The molecule has 0 amide bonds. The van der Waals surface area contributed by atoms with Gasteiger partial charge in [-0.3, -0.25) is 15.0 Å². The zero-order valence-electron chi connectivity index (χ0n) is 16.6. The number of benzene rings is 1. The van der Waals surface area contributed by atoms with Crippen LogP contribution in [0.15, 0.2) is 61.1 Å². The molecule has 6 nitrogen and oxygen atoms in total. The van der Waals surface area contributed by atoms with Crippen LogP contribution in [0.1, 0.15) is 18.4 Å². The smallest absolute Gasteiger partial charge is 0.137 e. The highest BCUT2D eigenvalue weighted by molar-refractivity contribution is 5.97. The number of pyridine rings is 2. The highest BCUT2D eigenvalue weighted by Crippen LogP contribution is 2.31. The molecule has 2 N–H and O–H groups in total. The van der Waals surface area contributed by atoms with Gasteiger partial charge in [-0.25, -0.2) is 4.98 Å². The third-order valence-corrected chi connectivity index (χ3v) is 5.94. The highest BCUT2D eigenvalue weighted by Gasteiger charge is 2.14. The van der Waals surface area contributed by atoms with Gasteiger partial charge in [0.15, 0.2) is 0 Å². The van der Waals surface area contributed by atoms with E-state index in [0.29, 0.717) is 0 Å². The Balaban J connectivity index is 1.39. The summed E-state index contributed by atoms with van der Waals surface area (Å²) in [6.07, 6.45) is 8.33. The Labute approximate surface area is 174 Å². The first-order chi connectivity index (χ1) is 14.8. The van der Waals surface area contributed by atoms with Gasteiger partial charge in [-0.2, -0.15) is 5.10 Å². The van der Waals surface area contributed by atoms with Crippen molar-refractivity contribution in [2.24, 2.45) is 0 Å². The standard InChI is InChI=1S/C24H22N6/c1-2-9-30(8-1)15-16-10-19(14-25-13-16)17-5-6-21-20(11-17)23(29-28-21)22-12-18-4-3-7-26-24(18)27-22/h3-7,10-14H,1-2,8-9,15H2,(H,26,27)(H,28,29). The van der Waals surface area contributed by atoms with E-state index in [0.717, 1.165) is 51.0 Å². The normalized spacial score (nSPS) is 14.8. The molecule has 1 aliphatic heterocycles. The molecular formula is C24H22N6. The lowest BCUT2D eigenvalue weighted by Gasteiger charge is -2.14. The van der Waals surface area contributed by atoms with E-state index in [-0.39, 0.29) is 0 Å². The van der Waals surface area contributed by atoms with Crippen LogP contribution in [0.5, 0.6) is 0 Å². The second-order valence-corrected chi connectivity index (χ2v) is 8.02. The summed E-state index contributed by atoms with van der Waals surface area (Å²) in [5, 5.41) is 9.90. The predicted octanol–water partition coefficient (Wildman–Crippen LogP) is 4.76. The van der Waals surface area contributed by atoms with E-state index >= 15 is 0 Å². The summed E-state index contributed by atoms with van der Waals surface area (Å²) >= 11 is 0. The SMILES string of the molecule is c1cnc2[nH]c(-c3n[nH]c4ccc(-c5cncc(CN6CCCC6)c5)cc34)cc2c1. The summed E-state index contributed by atoms with van der Waals surface area (Å²) in [4.78, 5) is 14.8. The van der Waals surface area contributed by atoms with Crippen molar-refractivity contribution >= 4 is 21.9 Å². The van der Waals surface area contributed by atoms with Crippen LogP contribution in [0.25, 0.3) is 44.5 Å². The number of aromatic amines is 2. The first-order valence-electron chi connectivity index (χ1n) is 10.4. The quantitative estimate of drug-likeness (QED) is 0.461. The number of H-pyrrole nitrogens is 2. The van der Waals surface area contributed by atoms with E-state index in [1.165, 1.54) is 31.5 Å². The molecular weight excluding hydrogens is 372 g/mol. The molecule has 1 saturated heterocycles. The van der Waals surface area contributed by atoms with Crippen molar-refractivity contribution in [3.05, 3.63) is 66.6 Å². The molecule has 5 heterocycles. The van der Waals surface area contributed by atoms with Crippen LogP contribution >= 0.6 is 0 Å². The van der Waals surface area contributed by atoms with Gasteiger partial charge in [0.1, 0.15) is 11.3 Å². The van der Waals surface area contributed by atoms with Gasteiger partial charge in [0.25, 0.3) is 0 Å². The molecule has 0 unspecified atom stereocenters. The van der Waals surface area contributed by atoms with Gasteiger partial charge < -0.3 is 4.98 Å². The van der Waals surface area contributed by atoms with E-state index < -0.39 is 0 Å². The van der Waals surface area contributed by atoms with Crippen molar-refractivity contribution in [2.45, 2.75) is 19.4 Å². The van der Waals surface area contributed by atoms with Gasteiger partial charge in [-0.05, 0) is 73.5 Å². The van der Waals surface area contributed by atoms with E-state index in [4.69, 9.17) is 0 Å². The minimum Gasteiger partial charge on any atom is -0.338 e. The van der Waals surface area contributed by atoms with Crippen LogP contribution < -0.4 is 0 Å². The van der Waals surface area contributed by atoms with Gasteiger partial charge in [0.2, 0.25) is 0 Å². The predicted molar refractivity (Wildman–Crippen MR) is 119 cm³/mol. The van der Waals surface area contributed by atoms with Gasteiger partial charge in [-0.1, -0.05) is 6.07 Å². The van der Waals surface area contributed by atoms with Crippen LogP contribution in [0, 0.1) is 0 Å². The second kappa shape index (κ2) is 7.07. The van der Waals surface area contributed by atoms with Crippen LogP contribution in [-0.4, -0.2) is 43.1 Å². The first kappa shape index (κ1) is 17.4. The molecule has 0 atom stereocenters. The molecule has 0 saturated carbocycles. The van der Waals surface area contributed by atoms with Crippen molar-refractivity contribution in [3.8, 4) is 22.5 Å². The topological polar surface area (TPSA) is 73.5 Å². The van der Waals surface area contributed by atoms with E-state index in [2.05, 4.69) is 66.4 Å². The fraction of sp³-hybridized carbons (Fsp3) is 0.208. The molecule has 0 bridgehead atoms. The zero-order chi connectivity index (χ0) is 19.9. The fourth-order valence-corrected chi connectivity index (χ4v) is 4.42. The van der Waals surface area contributed by atoms with Crippen molar-refractivity contribution in [1.29, 1.82) is 0 Å². The first-order valence-corrected chi connectivity index (χ1v) is 10.4. The molecule has 1 aromatic carbocycles. The monoisotopic (exact) mass is 394 g/mol. The maximum absolute atomic E-state index is 4.58. The van der Waals surface area contributed by atoms with Gasteiger partial charge in [0, 0.05) is 41.5 Å². The number of hydrogen-bond acceptors (Lipinski definition) is 4. The maximum atomic E-state index is 4.58. The molecule has 1 aliphatic rings. The summed E-state index contributed by atoms with van der Waals surface area (Å²) in [5.74, 6) is 0. The Morgan fingerprint density at radius 2 is 1.90 bits per heavy atom. The molecule has 0 aliphatic carbocycles. The molecule has 6 heteroatoms. The average Bonchev–Trinajstić information content (AvgIpc) is 3.52. The summed E-state index contributed by atoms with van der Waals surface area (Å²) in [6.45, 7) is 3.35. The summed E-state index contributed by atoms with van der Waals surface area (Å²) in [5.41, 5.74) is 7.32. The zero-order valence-corrected chi connectivity index (χ0v) is 16.6.